The van der Waals surface area contributed by atoms with Crippen LogP contribution in [0.2, 0.25) is 0 Å². The van der Waals surface area contributed by atoms with Crippen molar-refractivity contribution < 1.29 is 4.92 Å². The maximum atomic E-state index is 11.0. The van der Waals surface area contributed by atoms with Gasteiger partial charge in [0, 0.05) is 35.7 Å². The van der Waals surface area contributed by atoms with Gasteiger partial charge in [-0.15, -0.1) is 0 Å². The molecule has 98 valence electrons. The standard InChI is InChI=1S/C13H18N2O2S/c1-11-6-7-14(8-9-18-11)10-12-4-2-3-5-13(12)15(16)17/h2-5,11H,6-10H2,1H3/t11-/m1/s1. The fraction of sp³-hybridized carbons (Fsp3) is 0.538. The van der Waals surface area contributed by atoms with Crippen LogP contribution in [-0.4, -0.2) is 33.9 Å². The van der Waals surface area contributed by atoms with Gasteiger partial charge in [0.1, 0.15) is 0 Å². The Morgan fingerprint density at radius 2 is 2.22 bits per heavy atom. The fourth-order valence-electron chi connectivity index (χ4n) is 2.16. The van der Waals surface area contributed by atoms with Crippen molar-refractivity contribution in [1.82, 2.24) is 4.90 Å². The highest BCUT2D eigenvalue weighted by Crippen LogP contribution is 2.23. The van der Waals surface area contributed by atoms with Crippen LogP contribution in [0.15, 0.2) is 24.3 Å². The van der Waals surface area contributed by atoms with E-state index in [-0.39, 0.29) is 10.6 Å². The molecule has 1 atom stereocenters. The molecular formula is C13H18N2O2S. The van der Waals surface area contributed by atoms with E-state index >= 15 is 0 Å². The molecule has 0 spiro atoms. The number of hydrogen-bond donors (Lipinski definition) is 0. The summed E-state index contributed by atoms with van der Waals surface area (Å²) in [6.45, 7) is 4.98. The molecule has 1 aromatic rings. The Bertz CT molecular complexity index is 425. The number of nitro groups is 1. The van der Waals surface area contributed by atoms with Crippen LogP contribution in [0.25, 0.3) is 0 Å². The molecule has 1 aromatic carbocycles. The Balaban J connectivity index is 2.06. The van der Waals surface area contributed by atoms with Crippen molar-refractivity contribution in [3.8, 4) is 0 Å². The number of para-hydroxylation sites is 1. The molecule has 1 saturated heterocycles. The van der Waals surface area contributed by atoms with Crippen molar-refractivity contribution in [2.24, 2.45) is 0 Å². The quantitative estimate of drug-likeness (QED) is 0.623. The monoisotopic (exact) mass is 266 g/mol. The third-order valence-electron chi connectivity index (χ3n) is 3.24. The smallest absolute Gasteiger partial charge is 0.273 e. The van der Waals surface area contributed by atoms with E-state index < -0.39 is 0 Å². The van der Waals surface area contributed by atoms with Gasteiger partial charge >= 0.3 is 0 Å². The highest BCUT2D eigenvalue weighted by atomic mass is 32.2. The minimum absolute atomic E-state index is 0.238. The summed E-state index contributed by atoms with van der Waals surface area (Å²) in [6.07, 6.45) is 1.16. The average Bonchev–Trinajstić information content (AvgIpc) is 2.55. The SMILES string of the molecule is C[C@@H]1CCN(Cc2ccccc2[N+](=O)[O-])CCS1. The summed E-state index contributed by atoms with van der Waals surface area (Å²) in [7, 11) is 0. The predicted octanol–water partition coefficient (Wildman–Crippen LogP) is 2.92. The maximum Gasteiger partial charge on any atom is 0.273 e. The van der Waals surface area contributed by atoms with E-state index in [0.717, 1.165) is 30.8 Å². The first-order valence-corrected chi connectivity index (χ1v) is 7.28. The zero-order chi connectivity index (χ0) is 13.0. The summed E-state index contributed by atoms with van der Waals surface area (Å²) in [4.78, 5) is 13.0. The van der Waals surface area contributed by atoms with Gasteiger partial charge < -0.3 is 0 Å². The van der Waals surface area contributed by atoms with Crippen LogP contribution in [0.3, 0.4) is 0 Å². The van der Waals surface area contributed by atoms with Gasteiger partial charge in [-0.2, -0.15) is 11.8 Å². The summed E-state index contributed by atoms with van der Waals surface area (Å²) in [5, 5.41) is 11.7. The number of benzene rings is 1. The molecule has 5 heteroatoms. The van der Waals surface area contributed by atoms with E-state index in [1.54, 1.807) is 12.1 Å². The molecule has 1 aliphatic heterocycles. The molecule has 0 N–H and O–H groups in total. The van der Waals surface area contributed by atoms with Crippen LogP contribution in [0.1, 0.15) is 18.9 Å². The van der Waals surface area contributed by atoms with E-state index in [2.05, 4.69) is 11.8 Å². The van der Waals surface area contributed by atoms with Crippen LogP contribution in [0.5, 0.6) is 0 Å². The number of hydrogen-bond acceptors (Lipinski definition) is 4. The normalized spacial score (nSPS) is 21.5. The van der Waals surface area contributed by atoms with E-state index in [1.807, 2.05) is 23.9 Å². The molecule has 18 heavy (non-hydrogen) atoms. The Kier molecular flexibility index (Phi) is 4.60. The molecule has 1 heterocycles. The highest BCUT2D eigenvalue weighted by molar-refractivity contribution is 7.99. The molecular weight excluding hydrogens is 248 g/mol. The van der Waals surface area contributed by atoms with E-state index in [4.69, 9.17) is 0 Å². The van der Waals surface area contributed by atoms with Crippen molar-refractivity contribution >= 4 is 17.4 Å². The van der Waals surface area contributed by atoms with Crippen LogP contribution >= 0.6 is 11.8 Å². The van der Waals surface area contributed by atoms with Crippen molar-refractivity contribution in [3.63, 3.8) is 0 Å². The Morgan fingerprint density at radius 1 is 1.44 bits per heavy atom. The van der Waals surface area contributed by atoms with Gasteiger partial charge in [0.15, 0.2) is 0 Å². The lowest BCUT2D eigenvalue weighted by Crippen LogP contribution is -2.26. The largest absolute Gasteiger partial charge is 0.298 e. The highest BCUT2D eigenvalue weighted by Gasteiger charge is 2.18. The van der Waals surface area contributed by atoms with Crippen LogP contribution in [0.4, 0.5) is 5.69 Å². The molecule has 2 rings (SSSR count). The molecule has 0 unspecified atom stereocenters. The van der Waals surface area contributed by atoms with Gasteiger partial charge in [0.05, 0.1) is 4.92 Å². The third-order valence-corrected chi connectivity index (χ3v) is 4.47. The number of thioether (sulfide) groups is 1. The second kappa shape index (κ2) is 6.20. The van der Waals surface area contributed by atoms with Gasteiger partial charge in [-0.3, -0.25) is 15.0 Å². The van der Waals surface area contributed by atoms with Crippen LogP contribution < -0.4 is 0 Å². The molecule has 1 aliphatic rings. The maximum absolute atomic E-state index is 11.0. The van der Waals surface area contributed by atoms with Crippen molar-refractivity contribution in [1.29, 1.82) is 0 Å². The average molecular weight is 266 g/mol. The first-order chi connectivity index (χ1) is 8.66. The van der Waals surface area contributed by atoms with Crippen molar-refractivity contribution in [2.75, 3.05) is 18.8 Å². The Morgan fingerprint density at radius 3 is 3.00 bits per heavy atom. The molecule has 0 aromatic heterocycles. The second-order valence-electron chi connectivity index (χ2n) is 4.63. The van der Waals surface area contributed by atoms with Gasteiger partial charge in [-0.05, 0) is 13.0 Å². The molecule has 4 nitrogen and oxygen atoms in total. The van der Waals surface area contributed by atoms with E-state index in [1.165, 1.54) is 0 Å². The minimum atomic E-state index is -0.287. The van der Waals surface area contributed by atoms with Crippen LogP contribution in [0, 0.1) is 10.1 Å². The number of nitrogens with zero attached hydrogens (tertiary/aromatic N) is 2. The van der Waals surface area contributed by atoms with E-state index in [0.29, 0.717) is 11.8 Å². The minimum Gasteiger partial charge on any atom is -0.298 e. The number of rotatable bonds is 3. The first kappa shape index (κ1) is 13.4. The van der Waals surface area contributed by atoms with Crippen molar-refractivity contribution in [3.05, 3.63) is 39.9 Å². The first-order valence-electron chi connectivity index (χ1n) is 6.23. The summed E-state index contributed by atoms with van der Waals surface area (Å²) in [5.41, 5.74) is 1.06. The molecule has 1 fully saturated rings. The van der Waals surface area contributed by atoms with E-state index in [9.17, 15) is 10.1 Å². The molecule has 0 bridgehead atoms. The van der Waals surface area contributed by atoms with Gasteiger partial charge in [-0.1, -0.05) is 25.1 Å². The summed E-state index contributed by atoms with van der Waals surface area (Å²) >= 11 is 1.99. The lowest BCUT2D eigenvalue weighted by molar-refractivity contribution is -0.385. The Hall–Kier alpha value is -1.07. The summed E-state index contributed by atoms with van der Waals surface area (Å²) in [5.74, 6) is 1.11. The molecule has 0 radical (unpaired) electrons. The molecule has 0 aliphatic carbocycles. The topological polar surface area (TPSA) is 46.4 Å². The lowest BCUT2D eigenvalue weighted by atomic mass is 10.1. The molecule has 0 amide bonds. The van der Waals surface area contributed by atoms with Crippen molar-refractivity contribution in [2.45, 2.75) is 25.1 Å². The summed E-state index contributed by atoms with van der Waals surface area (Å²) < 4.78 is 0. The van der Waals surface area contributed by atoms with Gasteiger partial charge in [0.25, 0.3) is 5.69 Å². The fourth-order valence-corrected chi connectivity index (χ4v) is 3.20. The zero-order valence-electron chi connectivity index (χ0n) is 10.5. The van der Waals surface area contributed by atoms with Gasteiger partial charge in [-0.25, -0.2) is 0 Å². The Labute approximate surface area is 112 Å². The predicted molar refractivity (Wildman–Crippen MR) is 74.9 cm³/mol. The molecule has 0 saturated carbocycles. The number of nitro benzene ring substituents is 1. The second-order valence-corrected chi connectivity index (χ2v) is 6.18. The van der Waals surface area contributed by atoms with Crippen LogP contribution in [-0.2, 0) is 6.54 Å². The third kappa shape index (κ3) is 3.46. The zero-order valence-corrected chi connectivity index (χ0v) is 11.4. The summed E-state index contributed by atoms with van der Waals surface area (Å²) in [6, 6.07) is 7.05. The van der Waals surface area contributed by atoms with Gasteiger partial charge in [0.2, 0.25) is 0 Å². The lowest BCUT2D eigenvalue weighted by Gasteiger charge is -2.19.